The van der Waals surface area contributed by atoms with Gasteiger partial charge in [0.2, 0.25) is 23.0 Å². The number of amides is 3. The predicted octanol–water partition coefficient (Wildman–Crippen LogP) is 8.26. The number of aromatic nitrogens is 2. The van der Waals surface area contributed by atoms with E-state index < -0.39 is 7.14 Å². The number of aliphatic hydroxyl groups is 1. The number of hydrogen-bond donors (Lipinski definition) is 4. The molecule has 0 unspecified atom stereocenters. The second kappa shape index (κ2) is 39.0. The molecule has 0 bridgehead atoms. The van der Waals surface area contributed by atoms with Gasteiger partial charge in [0.1, 0.15) is 55.0 Å². The van der Waals surface area contributed by atoms with Crippen LogP contribution in [0.15, 0.2) is 66.9 Å². The molecule has 104 heavy (non-hydrogen) atoms. The third-order valence-electron chi connectivity index (χ3n) is 19.8. The van der Waals surface area contributed by atoms with Crippen molar-refractivity contribution in [2.45, 2.75) is 110 Å². The smallest absolute Gasteiger partial charge is 0.273 e. The number of nitro groups is 2. The number of fused-ring (bicyclic) bond motifs is 9. The lowest BCUT2D eigenvalue weighted by Gasteiger charge is -2.49. The molecule has 0 radical (unpaired) electrons. The number of piperazine rings is 3. The maximum atomic E-state index is 12.2. The maximum Gasteiger partial charge on any atom is 0.273 e. The van der Waals surface area contributed by atoms with Gasteiger partial charge in [0.15, 0.2) is 5.82 Å². The number of anilines is 6. The van der Waals surface area contributed by atoms with Crippen molar-refractivity contribution in [3.05, 3.63) is 114 Å². The van der Waals surface area contributed by atoms with E-state index in [4.69, 9.17) is 48.3 Å². The summed E-state index contributed by atoms with van der Waals surface area (Å²) in [6.45, 7) is 29.5. The van der Waals surface area contributed by atoms with Crippen LogP contribution in [0.25, 0.3) is 0 Å². The Kier molecular flexibility index (Phi) is 32.2. The topological polar surface area (TPSA) is 321 Å². The molecule has 0 aliphatic carbocycles. The molecule has 34 heteroatoms. The number of carbonyl (C=O) groups excluding carboxylic acids is 4. The Morgan fingerprint density at radius 1 is 0.615 bits per heavy atom. The molecule has 3 atom stereocenters. The molecular weight excluding hydrogens is 1460 g/mol. The highest BCUT2D eigenvalue weighted by atomic mass is 35.5. The molecule has 4 aromatic carbocycles. The molecule has 3 amide bonds. The van der Waals surface area contributed by atoms with Crippen molar-refractivity contribution in [3.63, 3.8) is 0 Å². The molecule has 5 N–H and O–H groups in total. The first-order valence-electron chi connectivity index (χ1n) is 34.4. The lowest BCUT2D eigenvalue weighted by atomic mass is 9.99. The van der Waals surface area contributed by atoms with E-state index in [1.807, 2.05) is 60.0 Å². The second-order valence-corrected chi connectivity index (χ2v) is 30.9. The molecular formula is C70H102Cl2N15O13PS3. The average Bonchev–Trinajstić information content (AvgIpc) is 0.759. The normalized spacial score (nSPS) is 19.7. The number of nitrogens with zero attached hydrogens (tertiary/aromatic N) is 12. The number of carbonyl (C=O) groups is 4. The number of Topliss-reactive ketones (excluding diaryl/α,β-unsaturated/α-hetero) is 1. The molecule has 9 aliphatic rings. The van der Waals surface area contributed by atoms with Crippen molar-refractivity contribution < 1.29 is 52.9 Å². The van der Waals surface area contributed by atoms with Gasteiger partial charge >= 0.3 is 0 Å². The van der Waals surface area contributed by atoms with E-state index in [0.29, 0.717) is 91.3 Å². The summed E-state index contributed by atoms with van der Waals surface area (Å²) in [5.74, 6) is 3.31. The molecule has 0 saturated carbocycles. The van der Waals surface area contributed by atoms with Gasteiger partial charge in [-0.05, 0) is 106 Å². The molecule has 5 aromatic rings. The van der Waals surface area contributed by atoms with Crippen molar-refractivity contribution in [1.82, 2.24) is 39.8 Å². The second-order valence-electron chi connectivity index (χ2n) is 26.9. The molecule has 14 rings (SSSR count). The first kappa shape index (κ1) is 85.9. The number of ether oxygens (including phenoxy) is 3. The quantitative estimate of drug-likeness (QED) is 0.0391. The van der Waals surface area contributed by atoms with E-state index in [9.17, 15) is 44.0 Å². The Morgan fingerprint density at radius 3 is 1.49 bits per heavy atom. The number of aliphatic hydroxyl groups excluding tert-OH is 1. The summed E-state index contributed by atoms with van der Waals surface area (Å²) < 4.78 is 29.9. The van der Waals surface area contributed by atoms with Crippen LogP contribution in [0.1, 0.15) is 76.0 Å². The van der Waals surface area contributed by atoms with Gasteiger partial charge in [-0.1, -0.05) is 23.7 Å². The monoisotopic (exact) mass is 1560 g/mol. The standard InChI is InChI=1S/C19H26N4O4.C19H28N4O2.C12H12Cl2N3OP.C12H15N3O3.C7H11NO2.CH4O.3H2S/c1-13-9-16(23(25)26)10-18-19(13)22-8-7-21(11-17(22)12-27-18)15-3-5-20(6-4-15)14(2)24;1-13-9-15(20)10-18-19(13)23-8-7-22(11-17(23)12-25-18)16-3-5-21(6-4-16)14(2)24;1-19(2,18)10-6-4-3-5-9(10)16-11-8(13)7-15-12(14)17-11;1-8-4-9(15(16)17)5-11-12(8)14-3-2-13-6-10(14)7-18-11;1-6(9)8-4-2-7(10)3-5-8;1-2;;;/h9-10,15,17H,3-8,11-12H2,1-2H3;9-10,16-17H,3-8,11-12,20H2,1-2H3;3-7H,1-2H3,(H,15,16,17);4-5,10,13H,2-3,6-7H2,1H3;2-5H2,1H3;2H,1H3;3*1H2/t2*17-;;10-;;;;;/m00.0...../s1. The number of nitrogen functional groups attached to an aromatic ring is 1. The van der Waals surface area contributed by atoms with Crippen LogP contribution in [-0.4, -0.2) is 242 Å². The van der Waals surface area contributed by atoms with Gasteiger partial charge in [-0.25, -0.2) is 4.98 Å². The van der Waals surface area contributed by atoms with E-state index in [1.165, 1.54) is 30.4 Å². The third kappa shape index (κ3) is 21.6. The Bertz CT molecular complexity index is 3860. The molecule has 6 saturated heterocycles. The number of rotatable bonds is 7. The van der Waals surface area contributed by atoms with Crippen LogP contribution >= 0.6 is 70.8 Å². The molecule has 0 spiro atoms. The lowest BCUT2D eigenvalue weighted by Crippen LogP contribution is -2.60. The minimum atomic E-state index is -2.40. The Labute approximate surface area is 639 Å². The Morgan fingerprint density at radius 2 is 1.04 bits per heavy atom. The minimum absolute atomic E-state index is 0. The fourth-order valence-electron chi connectivity index (χ4n) is 14.7. The fraction of sp³-hybridized carbons (Fsp3) is 0.543. The number of nitrogens with one attached hydrogen (secondary N) is 2. The zero-order valence-electron chi connectivity index (χ0n) is 60.7. The van der Waals surface area contributed by atoms with Crippen molar-refractivity contribution >= 4 is 145 Å². The summed E-state index contributed by atoms with van der Waals surface area (Å²) in [5.41, 5.74) is 13.9. The summed E-state index contributed by atoms with van der Waals surface area (Å²) in [5, 5.41) is 36.5. The number of nitro benzene ring substituents is 2. The zero-order chi connectivity index (χ0) is 73.0. The fourth-order valence-corrected chi connectivity index (χ4v) is 16.1. The van der Waals surface area contributed by atoms with E-state index in [0.717, 1.165) is 164 Å². The van der Waals surface area contributed by atoms with Crippen LogP contribution < -0.4 is 50.6 Å². The maximum absolute atomic E-state index is 12.2. The number of likely N-dealkylation sites (tertiary alicyclic amines) is 3. The van der Waals surface area contributed by atoms with E-state index >= 15 is 0 Å². The van der Waals surface area contributed by atoms with Crippen LogP contribution in [0.4, 0.5) is 45.6 Å². The van der Waals surface area contributed by atoms with Crippen LogP contribution in [0, 0.1) is 41.0 Å². The zero-order valence-corrected chi connectivity index (χ0v) is 66.1. The number of hydrogen-bond acceptors (Lipinski definition) is 23. The predicted molar refractivity (Wildman–Crippen MR) is 424 cm³/mol. The van der Waals surface area contributed by atoms with Crippen molar-refractivity contribution in [2.24, 2.45) is 0 Å². The highest BCUT2D eigenvalue weighted by Crippen LogP contribution is 2.44. The minimum Gasteiger partial charge on any atom is -0.489 e. The number of piperidine rings is 3. The van der Waals surface area contributed by atoms with Gasteiger partial charge in [0.05, 0.1) is 69.1 Å². The van der Waals surface area contributed by atoms with Gasteiger partial charge in [0.25, 0.3) is 11.4 Å². The summed E-state index contributed by atoms with van der Waals surface area (Å²) in [6.07, 6.45) is 6.71. The molecule has 572 valence electrons. The lowest BCUT2D eigenvalue weighted by molar-refractivity contribution is -0.385. The Balaban J connectivity index is 0.000000207. The number of halogens is 2. The van der Waals surface area contributed by atoms with Crippen LogP contribution in [0.2, 0.25) is 10.3 Å². The summed E-state index contributed by atoms with van der Waals surface area (Å²) >= 11 is 11.7. The summed E-state index contributed by atoms with van der Waals surface area (Å²) in [6, 6.07) is 19.7. The number of non-ortho nitro benzene ring substituents is 2. The highest BCUT2D eigenvalue weighted by Gasteiger charge is 2.40. The summed E-state index contributed by atoms with van der Waals surface area (Å²) in [7, 11) is -1.40. The Hall–Kier alpha value is -7.06. The van der Waals surface area contributed by atoms with E-state index in [2.05, 4.69) is 52.0 Å². The first-order valence-corrected chi connectivity index (χ1v) is 37.7. The van der Waals surface area contributed by atoms with Crippen molar-refractivity contribution in [2.75, 3.05) is 164 Å². The molecule has 28 nitrogen and oxygen atoms in total. The molecule has 10 heterocycles. The number of para-hydroxylation sites is 1. The van der Waals surface area contributed by atoms with E-state index in [1.54, 1.807) is 50.3 Å². The van der Waals surface area contributed by atoms with Gasteiger partial charge in [-0.2, -0.15) is 45.5 Å². The number of nitrogens with two attached hydrogens (primary N) is 1. The number of aryl methyl sites for hydroxylation is 3. The van der Waals surface area contributed by atoms with Crippen LogP contribution in [0.3, 0.4) is 0 Å². The van der Waals surface area contributed by atoms with Gasteiger partial charge in [0, 0.05) is 180 Å². The summed E-state index contributed by atoms with van der Waals surface area (Å²) in [4.78, 5) is 91.4. The number of benzene rings is 4. The first-order chi connectivity index (χ1) is 48.2. The van der Waals surface area contributed by atoms with Gasteiger partial charge in [-0.15, -0.1) is 0 Å². The van der Waals surface area contributed by atoms with Gasteiger partial charge in [-0.3, -0.25) is 49.2 Å². The average molecular weight is 1560 g/mol. The van der Waals surface area contributed by atoms with Gasteiger partial charge < -0.3 is 69.6 Å². The largest absolute Gasteiger partial charge is 0.489 e. The van der Waals surface area contributed by atoms with Crippen LogP contribution in [-0.2, 0) is 23.7 Å². The number of ketones is 1. The molecule has 1 aromatic heterocycles. The van der Waals surface area contributed by atoms with E-state index in [-0.39, 0.29) is 96.5 Å². The van der Waals surface area contributed by atoms with Crippen molar-refractivity contribution in [3.8, 4) is 17.2 Å². The SMILES string of the molecule is CC(=O)N1CCC(=O)CC1.CC(=O)N1CCC(N2CCN3c4c(C)cc(N)cc4OC[C@@H]3C2)CC1.CC(=O)N1CCC(N2CCN3c4c(C)cc([N+](=O)[O-])cc4OC[C@@H]3C2)CC1.CO.CP(C)(=O)c1ccccc1Nc1nc(Cl)ncc1Cl.Cc1cc([N+](=O)[O-])cc2c1N1CCNC[C@H]1CO2.S.S.S. The highest BCUT2D eigenvalue weighted by molar-refractivity contribution is 7.70. The van der Waals surface area contributed by atoms with Crippen molar-refractivity contribution in [1.29, 1.82) is 0 Å². The third-order valence-corrected chi connectivity index (χ3v) is 21.8. The molecule has 9 aliphatic heterocycles. The molecule has 6 fully saturated rings. The van der Waals surface area contributed by atoms with Crippen LogP contribution in [0.5, 0.6) is 17.2 Å².